The number of benzene rings is 3. The number of sulfonamides is 1. The predicted octanol–water partition coefficient (Wildman–Crippen LogP) is 5.62. The number of carbonyl (C=O) groups excluding carboxylic acids is 1. The first-order valence-electron chi connectivity index (χ1n) is 10.6. The van der Waals surface area contributed by atoms with Crippen molar-refractivity contribution in [1.82, 2.24) is 4.31 Å². The molecule has 0 saturated heterocycles. The number of hydrogen-bond acceptors (Lipinski definition) is 4. The Bertz CT molecular complexity index is 1270. The number of hydrogen-bond donors (Lipinski definition) is 0. The highest BCUT2D eigenvalue weighted by molar-refractivity contribution is 7.89. The molecule has 7 heteroatoms. The first-order chi connectivity index (χ1) is 15.8. The minimum atomic E-state index is -4.00. The molecule has 1 aliphatic heterocycles. The van der Waals surface area contributed by atoms with Gasteiger partial charge in [-0.15, -0.1) is 0 Å². The van der Waals surface area contributed by atoms with Gasteiger partial charge in [0.25, 0.3) is 0 Å². The molecule has 0 aromatic heterocycles. The van der Waals surface area contributed by atoms with Gasteiger partial charge in [-0.25, -0.2) is 13.2 Å². The average Bonchev–Trinajstić information content (AvgIpc) is 3.22. The molecule has 1 heterocycles. The maximum absolute atomic E-state index is 14.0. The van der Waals surface area contributed by atoms with Gasteiger partial charge in [0, 0.05) is 5.02 Å². The van der Waals surface area contributed by atoms with Crippen LogP contribution in [0.4, 0.5) is 0 Å². The molecule has 3 aromatic carbocycles. The van der Waals surface area contributed by atoms with Crippen LogP contribution < -0.4 is 0 Å². The van der Waals surface area contributed by atoms with Gasteiger partial charge in [-0.1, -0.05) is 71.8 Å². The van der Waals surface area contributed by atoms with E-state index in [1.54, 1.807) is 61.5 Å². The summed E-state index contributed by atoms with van der Waals surface area (Å²) in [5.41, 5.74) is 2.63. The van der Waals surface area contributed by atoms with Crippen LogP contribution in [0.1, 0.15) is 35.7 Å². The molecular formula is C26H24ClNO4S. The van der Waals surface area contributed by atoms with Gasteiger partial charge in [0.15, 0.2) is 0 Å². The van der Waals surface area contributed by atoms with Gasteiger partial charge in [-0.3, -0.25) is 0 Å². The van der Waals surface area contributed by atoms with Gasteiger partial charge in [-0.2, -0.15) is 4.31 Å². The molecule has 2 atom stereocenters. The number of ether oxygens (including phenoxy) is 1. The van der Waals surface area contributed by atoms with Gasteiger partial charge >= 0.3 is 5.97 Å². The summed E-state index contributed by atoms with van der Waals surface area (Å²) >= 11 is 6.08. The Balaban J connectivity index is 1.93. The fraction of sp³-hybridized carbons (Fsp3) is 0.192. The van der Waals surface area contributed by atoms with Gasteiger partial charge in [0.05, 0.1) is 29.2 Å². The van der Waals surface area contributed by atoms with E-state index in [-0.39, 0.29) is 11.5 Å². The molecule has 0 unspecified atom stereocenters. The van der Waals surface area contributed by atoms with Gasteiger partial charge in [-0.05, 0) is 55.3 Å². The number of carbonyl (C=O) groups is 1. The summed E-state index contributed by atoms with van der Waals surface area (Å²) < 4.78 is 34.7. The monoisotopic (exact) mass is 481 g/mol. The van der Waals surface area contributed by atoms with Crippen LogP contribution in [0, 0.1) is 6.92 Å². The lowest BCUT2D eigenvalue weighted by Gasteiger charge is -2.31. The minimum Gasteiger partial charge on any atom is -0.463 e. The van der Waals surface area contributed by atoms with E-state index >= 15 is 0 Å². The van der Waals surface area contributed by atoms with Crippen molar-refractivity contribution in [2.75, 3.05) is 6.61 Å². The third-order valence-corrected chi connectivity index (χ3v) is 7.71. The van der Waals surface area contributed by atoms with Crippen LogP contribution >= 0.6 is 11.6 Å². The van der Waals surface area contributed by atoms with E-state index in [0.717, 1.165) is 5.56 Å². The van der Waals surface area contributed by atoms with Gasteiger partial charge in [0.1, 0.15) is 0 Å². The molecule has 0 spiro atoms. The fourth-order valence-corrected chi connectivity index (χ4v) is 5.86. The summed E-state index contributed by atoms with van der Waals surface area (Å²) in [6, 6.07) is 21.3. The van der Waals surface area contributed by atoms with Crippen LogP contribution in [0.5, 0.6) is 0 Å². The highest BCUT2D eigenvalue weighted by atomic mass is 35.5. The fourth-order valence-electron chi connectivity index (χ4n) is 4.01. The zero-order chi connectivity index (χ0) is 23.6. The van der Waals surface area contributed by atoms with Crippen molar-refractivity contribution in [3.05, 3.63) is 112 Å². The maximum Gasteiger partial charge on any atom is 0.335 e. The summed E-state index contributed by atoms with van der Waals surface area (Å²) in [6.45, 7) is 3.81. The zero-order valence-electron chi connectivity index (χ0n) is 18.3. The summed E-state index contributed by atoms with van der Waals surface area (Å²) in [5.74, 6) is -0.535. The molecule has 5 nitrogen and oxygen atoms in total. The van der Waals surface area contributed by atoms with E-state index in [9.17, 15) is 13.2 Å². The zero-order valence-corrected chi connectivity index (χ0v) is 19.9. The first-order valence-corrected chi connectivity index (χ1v) is 12.4. The van der Waals surface area contributed by atoms with Crippen molar-refractivity contribution in [2.45, 2.75) is 30.8 Å². The standard InChI is InChI=1S/C26H24ClNO4S/c1-3-32-26(29)23-17-24(19-11-13-21(27)14-12-19)28(25(23)20-7-5-4-6-8-20)33(30,31)22-15-9-18(2)10-16-22/h4-17,24-25H,3H2,1-2H3/t24-,25-/m0/s1. The molecule has 0 saturated carbocycles. The Morgan fingerprint density at radius 3 is 2.18 bits per heavy atom. The number of rotatable bonds is 6. The van der Waals surface area contributed by atoms with Crippen LogP contribution in [0.3, 0.4) is 0 Å². The quantitative estimate of drug-likeness (QED) is 0.428. The van der Waals surface area contributed by atoms with Gasteiger partial charge < -0.3 is 4.74 Å². The van der Waals surface area contributed by atoms with E-state index in [1.165, 1.54) is 4.31 Å². The van der Waals surface area contributed by atoms with Crippen LogP contribution in [-0.2, 0) is 19.6 Å². The lowest BCUT2D eigenvalue weighted by Crippen LogP contribution is -2.35. The van der Waals surface area contributed by atoms with E-state index in [4.69, 9.17) is 16.3 Å². The second kappa shape index (κ2) is 9.51. The molecule has 33 heavy (non-hydrogen) atoms. The molecule has 0 bridgehead atoms. The average molecular weight is 482 g/mol. The molecule has 170 valence electrons. The van der Waals surface area contributed by atoms with Crippen LogP contribution in [0.15, 0.2) is 95.4 Å². The summed E-state index contributed by atoms with van der Waals surface area (Å²) in [7, 11) is -4.00. The molecule has 3 aromatic rings. The second-order valence-corrected chi connectivity index (χ2v) is 10.1. The Hall–Kier alpha value is -2.93. The van der Waals surface area contributed by atoms with Crippen molar-refractivity contribution in [1.29, 1.82) is 0 Å². The highest BCUT2D eigenvalue weighted by Crippen LogP contribution is 2.47. The minimum absolute atomic E-state index is 0.159. The van der Waals surface area contributed by atoms with E-state index in [2.05, 4.69) is 0 Å². The van der Waals surface area contributed by atoms with Gasteiger partial charge in [0.2, 0.25) is 10.0 Å². The van der Waals surface area contributed by atoms with Crippen molar-refractivity contribution >= 4 is 27.6 Å². The lowest BCUT2D eigenvalue weighted by atomic mass is 10.0. The number of aryl methyl sites for hydroxylation is 1. The first kappa shape index (κ1) is 23.2. The normalized spacial score (nSPS) is 18.7. The second-order valence-electron chi connectivity index (χ2n) is 7.80. The lowest BCUT2D eigenvalue weighted by molar-refractivity contribution is -0.138. The Labute approximate surface area is 199 Å². The smallest absolute Gasteiger partial charge is 0.335 e. The molecule has 0 radical (unpaired) electrons. The molecule has 0 fully saturated rings. The summed E-state index contributed by atoms with van der Waals surface area (Å²) in [5, 5.41) is 0.541. The van der Waals surface area contributed by atoms with Crippen LogP contribution in [-0.4, -0.2) is 25.3 Å². The molecular weight excluding hydrogens is 458 g/mol. The Morgan fingerprint density at radius 2 is 1.58 bits per heavy atom. The van der Waals surface area contributed by atoms with Crippen LogP contribution in [0.2, 0.25) is 5.02 Å². The number of nitrogens with zero attached hydrogens (tertiary/aromatic N) is 1. The molecule has 0 N–H and O–H groups in total. The summed E-state index contributed by atoms with van der Waals surface area (Å²) in [4.78, 5) is 13.1. The molecule has 4 rings (SSSR count). The summed E-state index contributed by atoms with van der Waals surface area (Å²) in [6.07, 6.45) is 1.69. The SMILES string of the molecule is CCOC(=O)C1=C[C@@H](c2ccc(Cl)cc2)N(S(=O)(=O)c2ccc(C)cc2)[C@H]1c1ccccc1. The number of esters is 1. The predicted molar refractivity (Wildman–Crippen MR) is 128 cm³/mol. The van der Waals surface area contributed by atoms with E-state index < -0.39 is 28.1 Å². The largest absolute Gasteiger partial charge is 0.463 e. The van der Waals surface area contributed by atoms with Crippen molar-refractivity contribution in [3.63, 3.8) is 0 Å². The Kier molecular flexibility index (Phi) is 6.70. The van der Waals surface area contributed by atoms with Crippen molar-refractivity contribution < 1.29 is 17.9 Å². The molecule has 0 amide bonds. The molecule has 1 aliphatic rings. The maximum atomic E-state index is 14.0. The topological polar surface area (TPSA) is 63.7 Å². The van der Waals surface area contributed by atoms with Crippen LogP contribution in [0.25, 0.3) is 0 Å². The Morgan fingerprint density at radius 1 is 0.939 bits per heavy atom. The van der Waals surface area contributed by atoms with E-state index in [1.807, 2.05) is 37.3 Å². The highest BCUT2D eigenvalue weighted by Gasteiger charge is 2.46. The van der Waals surface area contributed by atoms with E-state index in [0.29, 0.717) is 21.7 Å². The number of halogens is 1. The third-order valence-electron chi connectivity index (χ3n) is 5.60. The van der Waals surface area contributed by atoms with Crippen molar-refractivity contribution in [3.8, 4) is 0 Å². The third kappa shape index (κ3) is 4.60. The molecule has 0 aliphatic carbocycles. The van der Waals surface area contributed by atoms with Crippen molar-refractivity contribution in [2.24, 2.45) is 0 Å².